The molecule has 1 amide bonds. The van der Waals surface area contributed by atoms with Crippen molar-refractivity contribution in [3.05, 3.63) is 56.6 Å². The average molecular weight is 412 g/mol. The Morgan fingerprint density at radius 3 is 2.76 bits per heavy atom. The van der Waals surface area contributed by atoms with Crippen molar-refractivity contribution < 1.29 is 4.79 Å². The van der Waals surface area contributed by atoms with Gasteiger partial charge in [0.25, 0.3) is 0 Å². The number of carbonyl (C=O) groups excluding carboxylic acids is 1. The lowest BCUT2D eigenvalue weighted by Gasteiger charge is -2.09. The lowest BCUT2D eigenvalue weighted by molar-refractivity contribution is -0.114. The molecule has 0 heterocycles. The molecule has 0 radical (unpaired) electrons. The zero-order valence-electron chi connectivity index (χ0n) is 10.9. The van der Waals surface area contributed by atoms with Crippen molar-refractivity contribution in [1.82, 2.24) is 0 Å². The Hall–Kier alpha value is -1.78. The van der Waals surface area contributed by atoms with Crippen LogP contribution in [0.1, 0.15) is 5.56 Å². The van der Waals surface area contributed by atoms with Crippen molar-refractivity contribution in [3.8, 4) is 6.07 Å². The summed E-state index contributed by atoms with van der Waals surface area (Å²) in [6.07, 6.45) is 0. The maximum atomic E-state index is 11.9. The van der Waals surface area contributed by atoms with E-state index in [9.17, 15) is 4.79 Å². The summed E-state index contributed by atoms with van der Waals surface area (Å²) in [5.74, 6) is -0.160. The van der Waals surface area contributed by atoms with Crippen LogP contribution >= 0.6 is 34.2 Å². The number of benzene rings is 2. The van der Waals surface area contributed by atoms with Crippen molar-refractivity contribution in [2.75, 3.05) is 17.2 Å². The van der Waals surface area contributed by atoms with Crippen LogP contribution in [0.25, 0.3) is 0 Å². The SMILES string of the molecule is N#Cc1cc(NCC(=O)Nc2ccccc2I)ccc1Cl. The molecule has 0 saturated heterocycles. The summed E-state index contributed by atoms with van der Waals surface area (Å²) in [5.41, 5.74) is 1.83. The summed E-state index contributed by atoms with van der Waals surface area (Å²) in [4.78, 5) is 11.9. The average Bonchev–Trinajstić information content (AvgIpc) is 2.49. The third kappa shape index (κ3) is 4.34. The van der Waals surface area contributed by atoms with Crippen LogP contribution in [-0.4, -0.2) is 12.5 Å². The van der Waals surface area contributed by atoms with E-state index >= 15 is 0 Å². The molecule has 2 aromatic carbocycles. The predicted molar refractivity (Wildman–Crippen MR) is 92.4 cm³/mol. The second-order valence-corrected chi connectivity index (χ2v) is 5.76. The molecule has 0 unspecified atom stereocenters. The molecule has 6 heteroatoms. The van der Waals surface area contributed by atoms with Gasteiger partial charge in [-0.2, -0.15) is 5.26 Å². The van der Waals surface area contributed by atoms with Crippen LogP contribution in [0.2, 0.25) is 5.02 Å². The Kier molecular flexibility index (Phi) is 5.42. The van der Waals surface area contributed by atoms with Crippen LogP contribution in [0.4, 0.5) is 11.4 Å². The van der Waals surface area contributed by atoms with Gasteiger partial charge in [0, 0.05) is 9.26 Å². The molecule has 21 heavy (non-hydrogen) atoms. The number of halogens is 2. The minimum atomic E-state index is -0.160. The van der Waals surface area contributed by atoms with Gasteiger partial charge in [0.2, 0.25) is 5.91 Å². The van der Waals surface area contributed by atoms with E-state index in [2.05, 4.69) is 33.2 Å². The molecule has 2 N–H and O–H groups in total. The number of hydrogen-bond acceptors (Lipinski definition) is 3. The molecule has 0 aromatic heterocycles. The monoisotopic (exact) mass is 411 g/mol. The minimum absolute atomic E-state index is 0.109. The maximum Gasteiger partial charge on any atom is 0.243 e. The van der Waals surface area contributed by atoms with Gasteiger partial charge < -0.3 is 10.6 Å². The van der Waals surface area contributed by atoms with Gasteiger partial charge in [0.15, 0.2) is 0 Å². The summed E-state index contributed by atoms with van der Waals surface area (Å²) < 4.78 is 0.974. The van der Waals surface area contributed by atoms with Gasteiger partial charge in [0.05, 0.1) is 22.8 Å². The van der Waals surface area contributed by atoms with Gasteiger partial charge >= 0.3 is 0 Å². The number of anilines is 2. The Bertz CT molecular complexity index is 712. The van der Waals surface area contributed by atoms with E-state index in [4.69, 9.17) is 16.9 Å². The largest absolute Gasteiger partial charge is 0.376 e. The highest BCUT2D eigenvalue weighted by Gasteiger charge is 2.06. The molecule has 0 aliphatic heterocycles. The number of hydrogen-bond donors (Lipinski definition) is 2. The second-order valence-electron chi connectivity index (χ2n) is 4.19. The first-order chi connectivity index (χ1) is 10.1. The number of amides is 1. The molecule has 0 aliphatic carbocycles. The van der Waals surface area contributed by atoms with Crippen molar-refractivity contribution >= 4 is 51.5 Å². The van der Waals surface area contributed by atoms with Gasteiger partial charge in [0.1, 0.15) is 6.07 Å². The van der Waals surface area contributed by atoms with E-state index in [1.54, 1.807) is 18.2 Å². The molecule has 0 atom stereocenters. The van der Waals surface area contributed by atoms with Gasteiger partial charge in [-0.15, -0.1) is 0 Å². The molecule has 0 fully saturated rings. The van der Waals surface area contributed by atoms with Crippen LogP contribution in [-0.2, 0) is 4.79 Å². The van der Waals surface area contributed by atoms with Crippen LogP contribution in [0.15, 0.2) is 42.5 Å². The fourth-order valence-corrected chi connectivity index (χ4v) is 2.34. The van der Waals surface area contributed by atoms with Gasteiger partial charge in [-0.05, 0) is 52.9 Å². The molecule has 2 rings (SSSR count). The Morgan fingerprint density at radius 2 is 2.05 bits per heavy atom. The van der Waals surface area contributed by atoms with Crippen LogP contribution in [0, 0.1) is 14.9 Å². The number of para-hydroxylation sites is 1. The van der Waals surface area contributed by atoms with Crippen LogP contribution in [0.5, 0.6) is 0 Å². The van der Waals surface area contributed by atoms with Crippen molar-refractivity contribution in [2.45, 2.75) is 0 Å². The van der Waals surface area contributed by atoms with E-state index in [-0.39, 0.29) is 12.5 Å². The second kappa shape index (κ2) is 7.29. The molecule has 0 spiro atoms. The standard InChI is InChI=1S/C15H11ClIN3O/c16-12-6-5-11(7-10(12)8-18)19-9-15(21)20-14-4-2-1-3-13(14)17/h1-7,19H,9H2,(H,20,21). The zero-order chi connectivity index (χ0) is 15.2. The molecule has 106 valence electrons. The smallest absolute Gasteiger partial charge is 0.243 e. The number of nitrogens with zero attached hydrogens (tertiary/aromatic N) is 1. The van der Waals surface area contributed by atoms with E-state index in [0.717, 1.165) is 9.26 Å². The summed E-state index contributed by atoms with van der Waals surface area (Å²) in [6.45, 7) is 0.109. The summed E-state index contributed by atoms with van der Waals surface area (Å²) in [7, 11) is 0. The van der Waals surface area contributed by atoms with Gasteiger partial charge in [-0.1, -0.05) is 23.7 Å². The molecule has 4 nitrogen and oxygen atoms in total. The topological polar surface area (TPSA) is 64.9 Å². The quantitative estimate of drug-likeness (QED) is 0.751. The number of carbonyl (C=O) groups is 1. The summed E-state index contributed by atoms with van der Waals surface area (Å²) in [6, 6.07) is 14.5. The van der Waals surface area contributed by atoms with Gasteiger partial charge in [-0.3, -0.25) is 4.79 Å². The van der Waals surface area contributed by atoms with Crippen molar-refractivity contribution in [1.29, 1.82) is 5.26 Å². The van der Waals surface area contributed by atoms with Gasteiger partial charge in [-0.25, -0.2) is 0 Å². The van der Waals surface area contributed by atoms with Crippen molar-refractivity contribution in [3.63, 3.8) is 0 Å². The Balaban J connectivity index is 1.96. The molecule has 0 saturated carbocycles. The lowest BCUT2D eigenvalue weighted by Crippen LogP contribution is -2.22. The van der Waals surface area contributed by atoms with E-state index < -0.39 is 0 Å². The highest BCUT2D eigenvalue weighted by atomic mass is 127. The number of rotatable bonds is 4. The number of nitriles is 1. The van der Waals surface area contributed by atoms with Crippen LogP contribution in [0.3, 0.4) is 0 Å². The maximum absolute atomic E-state index is 11.9. The molecule has 2 aromatic rings. The van der Waals surface area contributed by atoms with E-state index in [1.807, 2.05) is 30.3 Å². The molecule has 0 aliphatic rings. The Labute approximate surface area is 141 Å². The highest BCUT2D eigenvalue weighted by Crippen LogP contribution is 2.20. The highest BCUT2D eigenvalue weighted by molar-refractivity contribution is 14.1. The normalized spacial score (nSPS) is 9.76. The zero-order valence-corrected chi connectivity index (χ0v) is 13.8. The molecule has 0 bridgehead atoms. The minimum Gasteiger partial charge on any atom is -0.376 e. The predicted octanol–water partition coefficient (Wildman–Crippen LogP) is 3.87. The third-order valence-corrected chi connectivity index (χ3v) is 3.96. The first-order valence-electron chi connectivity index (χ1n) is 6.08. The third-order valence-electron chi connectivity index (χ3n) is 2.69. The summed E-state index contributed by atoms with van der Waals surface area (Å²) >= 11 is 8.01. The first-order valence-corrected chi connectivity index (χ1v) is 7.53. The molecular weight excluding hydrogens is 401 g/mol. The van der Waals surface area contributed by atoms with Crippen LogP contribution < -0.4 is 10.6 Å². The lowest BCUT2D eigenvalue weighted by atomic mass is 10.2. The fraction of sp³-hybridized carbons (Fsp3) is 0.0667. The Morgan fingerprint density at radius 1 is 1.29 bits per heavy atom. The van der Waals surface area contributed by atoms with E-state index in [1.165, 1.54) is 0 Å². The fourth-order valence-electron chi connectivity index (χ4n) is 1.66. The summed E-state index contributed by atoms with van der Waals surface area (Å²) in [5, 5.41) is 15.1. The number of nitrogens with one attached hydrogen (secondary N) is 2. The van der Waals surface area contributed by atoms with E-state index in [0.29, 0.717) is 16.3 Å². The first kappa shape index (κ1) is 15.6. The molecular formula is C15H11ClIN3O. The van der Waals surface area contributed by atoms with Crippen molar-refractivity contribution in [2.24, 2.45) is 0 Å².